The number of nitrogens with zero attached hydrogens (tertiary/aromatic N) is 3. The normalized spacial score (nSPS) is 12.8. The third-order valence-corrected chi connectivity index (χ3v) is 12.6. The summed E-state index contributed by atoms with van der Waals surface area (Å²) in [5.74, 6) is 0.900. The number of hydrogen-bond acceptors (Lipinski definition) is 3. The van der Waals surface area contributed by atoms with Crippen molar-refractivity contribution in [1.29, 1.82) is 0 Å². The number of rotatable bonds is 5. The van der Waals surface area contributed by atoms with Gasteiger partial charge in [-0.05, 0) is 111 Å². The number of phenols is 1. The first kappa shape index (κ1) is 48.7. The molecule has 5 aromatic carbocycles. The quantitative estimate of drug-likeness (QED) is 0.175. The third kappa shape index (κ3) is 9.46. The van der Waals surface area contributed by atoms with Gasteiger partial charge >= 0.3 is 0 Å². The third-order valence-electron chi connectivity index (χ3n) is 12.6. The van der Waals surface area contributed by atoms with Crippen molar-refractivity contribution in [2.45, 2.75) is 152 Å². The molecule has 0 saturated carbocycles. The van der Waals surface area contributed by atoms with Crippen molar-refractivity contribution in [1.82, 2.24) is 14.5 Å². The first-order valence-electron chi connectivity index (χ1n) is 22.7. The van der Waals surface area contributed by atoms with Gasteiger partial charge in [0.15, 0.2) is 0 Å². The first-order chi connectivity index (χ1) is 29.0. The van der Waals surface area contributed by atoms with E-state index in [-0.39, 0.29) is 53.9 Å². The summed E-state index contributed by atoms with van der Waals surface area (Å²) in [6.07, 6.45) is 1.97. The summed E-state index contributed by atoms with van der Waals surface area (Å²) in [6, 6.07) is 34.8. The zero-order valence-electron chi connectivity index (χ0n) is 41.8. The summed E-state index contributed by atoms with van der Waals surface area (Å²) in [6.45, 7) is 40.9. The van der Waals surface area contributed by atoms with Crippen LogP contribution in [0.3, 0.4) is 0 Å². The van der Waals surface area contributed by atoms with Gasteiger partial charge in [0.2, 0.25) is 0 Å². The number of fused-ring (bicyclic) bond motifs is 1. The molecule has 5 heteroatoms. The van der Waals surface area contributed by atoms with E-state index in [9.17, 15) is 5.11 Å². The van der Waals surface area contributed by atoms with Crippen molar-refractivity contribution in [3.05, 3.63) is 142 Å². The van der Waals surface area contributed by atoms with E-state index in [4.69, 9.17) is 9.97 Å². The molecular weight excluding hydrogens is 962 g/mol. The molecule has 338 valence electrons. The van der Waals surface area contributed by atoms with E-state index < -0.39 is 0 Å². The maximum Gasteiger partial charge on any atom is 0.148 e. The SMILES string of the molecule is Cc1cc(C)c(-n2c(-c3ccccc3O)nc3c(-c4[c-]c(-c5cc(-c6cc(C(C)(C)C)cc(C(C)(C)C)c6)ccn5)c(C(C)(C)C)cc4C(C)(C)C)cc(C(C)(C)C)cc32)c(C)c1.[Pt]. The van der Waals surface area contributed by atoms with Crippen LogP contribution in [0.25, 0.3) is 61.6 Å². The van der Waals surface area contributed by atoms with Crippen molar-refractivity contribution in [2.75, 3.05) is 0 Å². The fourth-order valence-electron chi connectivity index (χ4n) is 8.95. The molecule has 0 bridgehead atoms. The summed E-state index contributed by atoms with van der Waals surface area (Å²) in [5, 5.41) is 11.5. The second kappa shape index (κ2) is 16.9. The molecule has 2 heterocycles. The van der Waals surface area contributed by atoms with E-state index in [2.05, 4.69) is 196 Å². The summed E-state index contributed by atoms with van der Waals surface area (Å²) < 4.78 is 2.29. The van der Waals surface area contributed by atoms with Crippen LogP contribution >= 0.6 is 0 Å². The Labute approximate surface area is 399 Å². The van der Waals surface area contributed by atoms with Crippen LogP contribution in [0.15, 0.2) is 91.1 Å². The molecule has 0 atom stereocenters. The summed E-state index contributed by atoms with van der Waals surface area (Å²) in [5.41, 5.74) is 19.0. The van der Waals surface area contributed by atoms with Crippen LogP contribution in [0.5, 0.6) is 5.75 Å². The molecule has 64 heavy (non-hydrogen) atoms. The fraction of sp³-hybridized carbons (Fsp3) is 0.390. The minimum Gasteiger partial charge on any atom is -0.507 e. The van der Waals surface area contributed by atoms with Crippen molar-refractivity contribution in [3.8, 4) is 56.3 Å². The van der Waals surface area contributed by atoms with Gasteiger partial charge in [-0.1, -0.05) is 175 Å². The number of benzene rings is 5. The van der Waals surface area contributed by atoms with Gasteiger partial charge in [-0.15, -0.1) is 28.8 Å². The number of aromatic hydroxyl groups is 1. The average molecular weight is 1030 g/mol. The van der Waals surface area contributed by atoms with Gasteiger partial charge in [-0.25, -0.2) is 4.98 Å². The Kier molecular flexibility index (Phi) is 12.8. The fourth-order valence-corrected chi connectivity index (χ4v) is 8.95. The predicted molar refractivity (Wildman–Crippen MR) is 269 cm³/mol. The summed E-state index contributed by atoms with van der Waals surface area (Å²) in [7, 11) is 0. The molecular formula is C59H70N3OPt-. The van der Waals surface area contributed by atoms with Gasteiger partial charge in [0.1, 0.15) is 11.6 Å². The Balaban J connectivity index is 0.00000680. The van der Waals surface area contributed by atoms with E-state index in [1.54, 1.807) is 6.07 Å². The van der Waals surface area contributed by atoms with Crippen LogP contribution in [-0.2, 0) is 48.1 Å². The molecule has 0 unspecified atom stereocenters. The molecule has 7 aromatic rings. The summed E-state index contributed by atoms with van der Waals surface area (Å²) >= 11 is 0. The number of aryl methyl sites for hydroxylation is 3. The number of para-hydroxylation sites is 1. The van der Waals surface area contributed by atoms with Crippen molar-refractivity contribution in [2.24, 2.45) is 0 Å². The van der Waals surface area contributed by atoms with Gasteiger partial charge in [-0.3, -0.25) is 9.55 Å². The van der Waals surface area contributed by atoms with E-state index in [1.807, 2.05) is 24.4 Å². The summed E-state index contributed by atoms with van der Waals surface area (Å²) in [4.78, 5) is 10.8. The van der Waals surface area contributed by atoms with E-state index in [0.717, 1.165) is 55.8 Å². The number of hydrogen-bond donors (Lipinski definition) is 1. The van der Waals surface area contributed by atoms with Crippen LogP contribution in [0, 0.1) is 26.8 Å². The van der Waals surface area contributed by atoms with Crippen LogP contribution in [0.4, 0.5) is 0 Å². The smallest absolute Gasteiger partial charge is 0.148 e. The van der Waals surface area contributed by atoms with Crippen molar-refractivity contribution < 1.29 is 26.2 Å². The molecule has 0 saturated heterocycles. The standard InChI is InChI=1S/C59H70N3O.Pt/c1-35-25-36(2)53(37(3)26-35)62-50-32-42(57(10,11)12)31-45(52(50)61-54(62)43-21-19-20-22-51(43)63)44-33-46(48(59(16,17)18)34-47(44)58(13,14)15)49-29-38(23-24-60-49)39-27-40(55(4,5)6)30-41(28-39)56(7,8)9;/h19-32,34,63H,1-18H3;/q-1;. The van der Waals surface area contributed by atoms with E-state index in [1.165, 1.54) is 38.9 Å². The molecule has 1 N–H and O–H groups in total. The Morgan fingerprint density at radius 1 is 0.531 bits per heavy atom. The predicted octanol–water partition coefficient (Wildman–Crippen LogP) is 16.0. The second-order valence-corrected chi connectivity index (χ2v) is 23.3. The number of imidazole rings is 1. The maximum absolute atomic E-state index is 11.5. The van der Waals surface area contributed by atoms with Crippen LogP contribution in [0.1, 0.15) is 148 Å². The molecule has 7 rings (SSSR count). The molecule has 0 radical (unpaired) electrons. The molecule has 2 aromatic heterocycles. The Bertz CT molecular complexity index is 2840. The zero-order valence-corrected chi connectivity index (χ0v) is 44.0. The van der Waals surface area contributed by atoms with Gasteiger partial charge in [0, 0.05) is 33.0 Å². The van der Waals surface area contributed by atoms with Gasteiger partial charge < -0.3 is 5.11 Å². The van der Waals surface area contributed by atoms with Gasteiger partial charge in [-0.2, -0.15) is 0 Å². The molecule has 4 nitrogen and oxygen atoms in total. The van der Waals surface area contributed by atoms with Crippen LogP contribution in [0.2, 0.25) is 0 Å². The maximum atomic E-state index is 11.5. The van der Waals surface area contributed by atoms with Crippen LogP contribution in [-0.4, -0.2) is 19.6 Å². The number of aromatic nitrogens is 3. The van der Waals surface area contributed by atoms with Crippen LogP contribution < -0.4 is 0 Å². The Morgan fingerprint density at radius 3 is 1.59 bits per heavy atom. The van der Waals surface area contributed by atoms with Crippen molar-refractivity contribution >= 4 is 11.0 Å². The molecule has 0 amide bonds. The monoisotopic (exact) mass is 1030 g/mol. The molecule has 0 aliphatic rings. The minimum absolute atomic E-state index is 0. The number of phenolic OH excluding ortho intramolecular Hbond substituents is 1. The molecule has 0 aliphatic carbocycles. The second-order valence-electron chi connectivity index (χ2n) is 23.3. The molecule has 0 spiro atoms. The van der Waals surface area contributed by atoms with E-state index >= 15 is 0 Å². The topological polar surface area (TPSA) is 50.9 Å². The van der Waals surface area contributed by atoms with Gasteiger partial charge in [0.05, 0.1) is 22.3 Å². The van der Waals surface area contributed by atoms with E-state index in [0.29, 0.717) is 11.4 Å². The Morgan fingerprint density at radius 2 is 1.06 bits per heavy atom. The molecule has 0 fully saturated rings. The van der Waals surface area contributed by atoms with Gasteiger partial charge in [0.25, 0.3) is 0 Å². The number of pyridine rings is 1. The Hall–Kier alpha value is -4.79. The molecule has 0 aliphatic heterocycles. The van der Waals surface area contributed by atoms with Crippen molar-refractivity contribution in [3.63, 3.8) is 0 Å². The largest absolute Gasteiger partial charge is 0.507 e. The average Bonchev–Trinajstić information content (AvgIpc) is 3.53. The zero-order chi connectivity index (χ0) is 46.4. The minimum atomic E-state index is -0.242. The first-order valence-corrected chi connectivity index (χ1v) is 22.7.